The lowest BCUT2D eigenvalue weighted by Gasteiger charge is -2.07. The van der Waals surface area contributed by atoms with E-state index < -0.39 is 25.5 Å². The third kappa shape index (κ3) is 11.5. The van der Waals surface area contributed by atoms with Crippen LogP contribution < -0.4 is 0 Å². The molecule has 210 valence electrons. The Hall–Kier alpha value is -1.40. The minimum Gasteiger partial charge on any atom is -0.342 e. The fourth-order valence-electron chi connectivity index (χ4n) is 4.39. The summed E-state index contributed by atoms with van der Waals surface area (Å²) in [4.78, 5) is 8.11. The Morgan fingerprint density at radius 2 is 1.51 bits per heavy atom. The number of aromatic amines is 1. The molecular formula is C26H42N2O6S3. The summed E-state index contributed by atoms with van der Waals surface area (Å²) < 4.78 is 65.0. The van der Waals surface area contributed by atoms with Gasteiger partial charge in [0, 0.05) is 12.8 Å². The number of fused-ring (bicyclic) bond motifs is 1. The first-order chi connectivity index (χ1) is 17.4. The number of nitrogens with zero attached hydrogens (tertiary/aromatic N) is 1. The van der Waals surface area contributed by atoms with Gasteiger partial charge in [-0.05, 0) is 48.7 Å². The molecule has 1 heterocycles. The van der Waals surface area contributed by atoms with Gasteiger partial charge in [-0.25, -0.2) is 4.98 Å². The molecule has 11 heteroatoms. The van der Waals surface area contributed by atoms with Gasteiger partial charge in [0.2, 0.25) is 0 Å². The number of rotatable bonds is 19. The van der Waals surface area contributed by atoms with Crippen LogP contribution in [0.1, 0.15) is 109 Å². The lowest BCUT2D eigenvalue weighted by molar-refractivity contribution is 0.465. The quantitative estimate of drug-likeness (QED) is 0.0965. The minimum atomic E-state index is -4.43. The number of unbranched alkanes of at least 4 members (excludes halogenated alkanes) is 10. The predicted molar refractivity (Wildman–Crippen MR) is 153 cm³/mol. The maximum Gasteiger partial charge on any atom is 0.294 e. The Balaban J connectivity index is 1.92. The summed E-state index contributed by atoms with van der Waals surface area (Å²) in [5, 5.41) is -0.952. The first kappa shape index (κ1) is 31.8. The molecule has 0 bridgehead atoms. The van der Waals surface area contributed by atoms with Crippen LogP contribution in [-0.4, -0.2) is 46.0 Å². The number of nitrogens with one attached hydrogen (secondary N) is 1. The molecule has 0 fully saturated rings. The number of aryl methyl sites for hydroxylation is 1. The number of hydrogen-bond acceptors (Lipinski definition) is 6. The van der Waals surface area contributed by atoms with Crippen LogP contribution in [0.2, 0.25) is 0 Å². The Kier molecular flexibility index (Phi) is 13.1. The van der Waals surface area contributed by atoms with Crippen molar-refractivity contribution in [3.8, 4) is 0 Å². The number of benzene rings is 1. The van der Waals surface area contributed by atoms with Crippen molar-refractivity contribution in [2.75, 3.05) is 0 Å². The van der Waals surface area contributed by atoms with Crippen molar-refractivity contribution in [1.82, 2.24) is 9.97 Å². The Labute approximate surface area is 227 Å². The number of imidazole rings is 1. The fraction of sp³-hybridized carbons (Fsp3) is 0.692. The third-order valence-corrected chi connectivity index (χ3v) is 9.16. The smallest absolute Gasteiger partial charge is 0.294 e. The molecule has 0 saturated carbocycles. The van der Waals surface area contributed by atoms with Crippen LogP contribution in [0.4, 0.5) is 0 Å². The second-order valence-electron chi connectivity index (χ2n) is 10.0. The summed E-state index contributed by atoms with van der Waals surface area (Å²) in [5.41, 5.74) is 1.57. The molecule has 1 unspecified atom stereocenters. The van der Waals surface area contributed by atoms with Crippen LogP contribution in [0.5, 0.6) is 0 Å². The standard InChI is InChI=1S/C26H42N2O6S3/c1-3-4-5-6-7-8-9-10-11-12-13-14-22(35)17-21-18-23(37(32,33)34)19-24-26(21)28-25(27-24)16-15-20(2)36(29,30)31/h18-20H,3-17H2,1-2H3,(H,27,28)(H,29,30,31)(H,32,33,34). The molecule has 0 aliphatic heterocycles. The SMILES string of the molecule is CCCCCCCCCCCCCC(=S)Cc1cc(S(=O)(=O)O)cc2[nH]c(CCC(C)S(=O)(=O)O)nc12. The van der Waals surface area contributed by atoms with Crippen LogP contribution in [0.15, 0.2) is 17.0 Å². The van der Waals surface area contributed by atoms with Crippen LogP contribution in [0, 0.1) is 0 Å². The highest BCUT2D eigenvalue weighted by atomic mass is 32.2. The summed E-state index contributed by atoms with van der Waals surface area (Å²) in [5.74, 6) is 0.468. The highest BCUT2D eigenvalue weighted by molar-refractivity contribution is 7.86. The van der Waals surface area contributed by atoms with E-state index in [1.807, 2.05) is 0 Å². The van der Waals surface area contributed by atoms with Crippen LogP contribution >= 0.6 is 12.2 Å². The van der Waals surface area contributed by atoms with Crippen molar-refractivity contribution in [2.45, 2.75) is 120 Å². The predicted octanol–water partition coefficient (Wildman–Crippen LogP) is 6.63. The molecule has 1 atom stereocenters. The average Bonchev–Trinajstić information content (AvgIpc) is 3.23. The van der Waals surface area contributed by atoms with Gasteiger partial charge in [0.15, 0.2) is 0 Å². The van der Waals surface area contributed by atoms with E-state index in [4.69, 9.17) is 12.2 Å². The summed E-state index contributed by atoms with van der Waals surface area (Å²) in [6.07, 6.45) is 15.2. The van der Waals surface area contributed by atoms with Crippen LogP contribution in [-0.2, 0) is 33.1 Å². The fourth-order valence-corrected chi connectivity index (χ4v) is 5.66. The zero-order chi connectivity index (χ0) is 27.5. The molecular weight excluding hydrogens is 532 g/mol. The van der Waals surface area contributed by atoms with Gasteiger partial charge in [-0.1, -0.05) is 83.3 Å². The maximum atomic E-state index is 11.8. The second kappa shape index (κ2) is 15.3. The van der Waals surface area contributed by atoms with E-state index in [-0.39, 0.29) is 17.7 Å². The van der Waals surface area contributed by atoms with Crippen molar-refractivity contribution in [2.24, 2.45) is 0 Å². The first-order valence-corrected chi connectivity index (χ1v) is 16.7. The molecule has 0 aliphatic carbocycles. The van der Waals surface area contributed by atoms with Gasteiger partial charge in [0.05, 0.1) is 21.2 Å². The maximum absolute atomic E-state index is 11.8. The zero-order valence-corrected chi connectivity index (χ0v) is 24.5. The van der Waals surface area contributed by atoms with Crippen molar-refractivity contribution < 1.29 is 25.9 Å². The van der Waals surface area contributed by atoms with E-state index in [2.05, 4.69) is 16.9 Å². The van der Waals surface area contributed by atoms with E-state index in [1.54, 1.807) is 0 Å². The zero-order valence-electron chi connectivity index (χ0n) is 22.0. The molecule has 0 radical (unpaired) electrons. The normalized spacial score (nSPS) is 13.3. The minimum absolute atomic E-state index is 0.149. The molecule has 1 aromatic carbocycles. The molecule has 8 nitrogen and oxygen atoms in total. The largest absolute Gasteiger partial charge is 0.342 e. The molecule has 3 N–H and O–H groups in total. The molecule has 0 amide bonds. The Morgan fingerprint density at radius 1 is 0.946 bits per heavy atom. The highest BCUT2D eigenvalue weighted by Gasteiger charge is 2.20. The Morgan fingerprint density at radius 3 is 2.05 bits per heavy atom. The van der Waals surface area contributed by atoms with Gasteiger partial charge in [-0.15, -0.1) is 0 Å². The van der Waals surface area contributed by atoms with E-state index in [0.717, 1.165) is 24.1 Å². The summed E-state index contributed by atoms with van der Waals surface area (Å²) in [7, 11) is -8.58. The summed E-state index contributed by atoms with van der Waals surface area (Å²) >= 11 is 5.59. The second-order valence-corrected chi connectivity index (χ2v) is 13.8. The van der Waals surface area contributed by atoms with Crippen molar-refractivity contribution in [1.29, 1.82) is 0 Å². The van der Waals surface area contributed by atoms with Gasteiger partial charge < -0.3 is 4.98 Å². The monoisotopic (exact) mass is 574 g/mol. The number of hydrogen-bond donors (Lipinski definition) is 3. The summed E-state index contributed by atoms with van der Waals surface area (Å²) in [6, 6.07) is 2.71. The molecule has 2 rings (SSSR count). The van der Waals surface area contributed by atoms with Crippen LogP contribution in [0.25, 0.3) is 11.0 Å². The van der Waals surface area contributed by atoms with Gasteiger partial charge in [-0.3, -0.25) is 9.11 Å². The number of H-pyrrole nitrogens is 1. The Bertz CT molecular complexity index is 1220. The van der Waals surface area contributed by atoms with E-state index >= 15 is 0 Å². The van der Waals surface area contributed by atoms with E-state index in [9.17, 15) is 25.9 Å². The van der Waals surface area contributed by atoms with Gasteiger partial charge in [0.1, 0.15) is 5.82 Å². The van der Waals surface area contributed by atoms with Crippen molar-refractivity contribution in [3.05, 3.63) is 23.5 Å². The van der Waals surface area contributed by atoms with Crippen molar-refractivity contribution >= 4 is 48.4 Å². The van der Waals surface area contributed by atoms with Gasteiger partial charge in [0.25, 0.3) is 20.2 Å². The van der Waals surface area contributed by atoms with Crippen LogP contribution in [0.3, 0.4) is 0 Å². The van der Waals surface area contributed by atoms with E-state index in [1.165, 1.54) is 76.8 Å². The lowest BCUT2D eigenvalue weighted by Crippen LogP contribution is -2.17. The molecule has 0 saturated heterocycles. The molecule has 37 heavy (non-hydrogen) atoms. The average molecular weight is 575 g/mol. The lowest BCUT2D eigenvalue weighted by atomic mass is 10.0. The molecule has 0 aliphatic rings. The van der Waals surface area contributed by atoms with Crippen molar-refractivity contribution in [3.63, 3.8) is 0 Å². The number of thiocarbonyl (C=S) groups is 1. The van der Waals surface area contributed by atoms with Gasteiger partial charge >= 0.3 is 0 Å². The van der Waals surface area contributed by atoms with E-state index in [0.29, 0.717) is 28.8 Å². The molecule has 0 spiro atoms. The molecule has 2 aromatic rings. The number of aromatic nitrogens is 2. The summed E-state index contributed by atoms with van der Waals surface area (Å²) in [6.45, 7) is 3.64. The van der Waals surface area contributed by atoms with Gasteiger partial charge in [-0.2, -0.15) is 16.8 Å². The molecule has 1 aromatic heterocycles. The first-order valence-electron chi connectivity index (χ1n) is 13.4. The topological polar surface area (TPSA) is 137 Å². The highest BCUT2D eigenvalue weighted by Crippen LogP contribution is 2.25. The third-order valence-electron chi connectivity index (χ3n) is 6.73.